The normalized spacial score (nSPS) is 12.8. The second kappa shape index (κ2) is 29.0. The highest BCUT2D eigenvalue weighted by Crippen LogP contribution is 2.27. The molecule has 0 spiro atoms. The molecule has 2 N–H and O–H groups in total. The average Bonchev–Trinajstić information content (AvgIpc) is 3.05. The Morgan fingerprint density at radius 3 is 1.45 bits per heavy atom. The van der Waals surface area contributed by atoms with Gasteiger partial charge in [0.05, 0.1) is 6.42 Å². The van der Waals surface area contributed by atoms with Crippen LogP contribution in [0.1, 0.15) is 202 Å². The number of nitrogens with one attached hydrogen (secondary N) is 2. The first kappa shape index (κ1) is 47.4. The summed E-state index contributed by atoms with van der Waals surface area (Å²) >= 11 is 0. The number of hydrogen-bond donors (Lipinski definition) is 2. The Hall–Kier alpha value is -1.63. The van der Waals surface area contributed by atoms with Crippen LogP contribution in [0.25, 0.3) is 0 Å². The highest BCUT2D eigenvalue weighted by Gasteiger charge is 2.29. The zero-order chi connectivity index (χ0) is 37.0. The Kier molecular flexibility index (Phi) is 28.0. The van der Waals surface area contributed by atoms with E-state index in [-0.39, 0.29) is 34.7 Å². The molecule has 0 bridgehead atoms. The molecule has 0 fully saturated rings. The van der Waals surface area contributed by atoms with Crippen LogP contribution >= 0.6 is 0 Å². The maximum atomic E-state index is 13.5. The van der Waals surface area contributed by atoms with Crippen molar-refractivity contribution < 1.29 is 19.1 Å². The summed E-state index contributed by atoms with van der Waals surface area (Å²) in [4.78, 5) is 40.2. The van der Waals surface area contributed by atoms with Gasteiger partial charge >= 0.3 is 5.97 Å². The molecule has 0 aliphatic rings. The molecule has 7 nitrogen and oxygen atoms in total. The number of ether oxygens (including phenoxy) is 1. The molecule has 0 aliphatic heterocycles. The fourth-order valence-corrected chi connectivity index (χ4v) is 6.63. The lowest BCUT2D eigenvalue weighted by atomic mass is 9.85. The first-order chi connectivity index (χ1) is 23.3. The van der Waals surface area contributed by atoms with Gasteiger partial charge in [0.1, 0.15) is 6.10 Å². The third-order valence-electron chi connectivity index (χ3n) is 10.3. The van der Waals surface area contributed by atoms with E-state index in [1.54, 1.807) is 7.05 Å². The predicted molar refractivity (Wildman–Crippen MR) is 209 cm³/mol. The largest absolute Gasteiger partial charge is 0.462 e. The number of carbonyl (C=O) groups excluding carboxylic acids is 3. The molecule has 0 aromatic rings. The summed E-state index contributed by atoms with van der Waals surface area (Å²) in [6.07, 6.45) is 27.4. The molecule has 0 aromatic heterocycles. The van der Waals surface area contributed by atoms with Crippen LogP contribution in [-0.4, -0.2) is 62.5 Å². The fourth-order valence-electron chi connectivity index (χ4n) is 6.63. The Labute approximate surface area is 304 Å². The molecule has 1 unspecified atom stereocenters. The highest BCUT2D eigenvalue weighted by atomic mass is 16.5. The summed E-state index contributed by atoms with van der Waals surface area (Å²) in [6.45, 7) is 13.4. The Morgan fingerprint density at radius 2 is 1.00 bits per heavy atom. The third kappa shape index (κ3) is 25.9. The van der Waals surface area contributed by atoms with E-state index in [2.05, 4.69) is 38.3 Å². The second-order valence-electron chi connectivity index (χ2n) is 16.5. The molecule has 0 saturated carbocycles. The van der Waals surface area contributed by atoms with Crippen molar-refractivity contribution >= 4 is 17.8 Å². The second-order valence-corrected chi connectivity index (χ2v) is 16.5. The van der Waals surface area contributed by atoms with Crippen molar-refractivity contribution in [3.8, 4) is 0 Å². The van der Waals surface area contributed by atoms with Crippen LogP contribution in [0.5, 0.6) is 0 Å². The molecule has 7 heteroatoms. The van der Waals surface area contributed by atoms with Crippen molar-refractivity contribution in [2.24, 2.45) is 10.8 Å². The summed E-state index contributed by atoms with van der Waals surface area (Å²) < 4.78 is 5.96. The van der Waals surface area contributed by atoms with E-state index in [1.165, 1.54) is 77.0 Å². The maximum Gasteiger partial charge on any atom is 0.307 e. The number of nitrogens with zero attached hydrogens (tertiary/aromatic N) is 1. The minimum atomic E-state index is -0.388. The van der Waals surface area contributed by atoms with E-state index in [1.807, 2.05) is 32.8 Å². The maximum absolute atomic E-state index is 13.5. The van der Waals surface area contributed by atoms with Gasteiger partial charge in [-0.1, -0.05) is 144 Å². The molecule has 0 heterocycles. The van der Waals surface area contributed by atoms with Gasteiger partial charge in [0.25, 0.3) is 0 Å². The van der Waals surface area contributed by atoms with Gasteiger partial charge in [0.2, 0.25) is 11.8 Å². The molecule has 0 aromatic carbocycles. The summed E-state index contributed by atoms with van der Waals surface area (Å²) in [5.74, 6) is 0.178. The molecule has 49 heavy (non-hydrogen) atoms. The molecule has 290 valence electrons. The lowest BCUT2D eigenvalue weighted by Crippen LogP contribution is -2.43. The number of hydrogen-bond acceptors (Lipinski definition) is 5. The number of unbranched alkanes of at least 4 members (excludes halogenated alkanes) is 14. The smallest absolute Gasteiger partial charge is 0.307 e. The van der Waals surface area contributed by atoms with Crippen LogP contribution in [0.2, 0.25) is 0 Å². The number of amides is 2. The minimum Gasteiger partial charge on any atom is -0.462 e. The standard InChI is InChI=1S/C42H83N3O4/c1-10-12-14-16-18-22-28-36(29-23-19-17-15-13-11-2)44-40(48)42(5,6)34-27-21-25-31-37(49-38(46)32-35-45(8)9)30-24-20-26-33-41(3,4)39(47)43-7/h36-37H,10-35H2,1-9H3,(H,43,47)(H,44,48). The molecule has 1 atom stereocenters. The predicted octanol–water partition coefficient (Wildman–Crippen LogP) is 10.5. The topological polar surface area (TPSA) is 87.7 Å². The van der Waals surface area contributed by atoms with Crippen LogP contribution < -0.4 is 10.6 Å². The van der Waals surface area contributed by atoms with E-state index in [4.69, 9.17) is 4.74 Å². The molecule has 0 radical (unpaired) electrons. The van der Waals surface area contributed by atoms with Gasteiger partial charge in [-0.3, -0.25) is 14.4 Å². The Bertz CT molecular complexity index is 826. The van der Waals surface area contributed by atoms with E-state index in [0.29, 0.717) is 19.0 Å². The van der Waals surface area contributed by atoms with Gasteiger partial charge in [-0.15, -0.1) is 0 Å². The summed E-state index contributed by atoms with van der Waals surface area (Å²) in [6, 6.07) is 0.293. The Balaban J connectivity index is 4.85. The van der Waals surface area contributed by atoms with Gasteiger partial charge < -0.3 is 20.3 Å². The average molecular weight is 694 g/mol. The van der Waals surface area contributed by atoms with Crippen molar-refractivity contribution in [1.29, 1.82) is 0 Å². The van der Waals surface area contributed by atoms with Crippen molar-refractivity contribution in [3.63, 3.8) is 0 Å². The van der Waals surface area contributed by atoms with E-state index < -0.39 is 0 Å². The molecular weight excluding hydrogens is 610 g/mol. The Morgan fingerprint density at radius 1 is 0.592 bits per heavy atom. The number of rotatable bonds is 33. The van der Waals surface area contributed by atoms with Crippen molar-refractivity contribution in [2.45, 2.75) is 214 Å². The SMILES string of the molecule is CCCCCCCCC(CCCCCCCC)NC(=O)C(C)(C)CCCCCC(CCCCCC(C)(C)C(=O)NC)OC(=O)CCN(C)C. The first-order valence-electron chi connectivity index (χ1n) is 20.7. The number of esters is 1. The minimum absolute atomic E-state index is 0.0670. The summed E-state index contributed by atoms with van der Waals surface area (Å²) in [5, 5.41) is 6.26. The lowest BCUT2D eigenvalue weighted by molar-refractivity contribution is -0.150. The van der Waals surface area contributed by atoms with Gasteiger partial charge in [0, 0.05) is 30.5 Å². The van der Waals surface area contributed by atoms with Crippen LogP contribution in [0, 0.1) is 10.8 Å². The van der Waals surface area contributed by atoms with E-state index in [0.717, 1.165) is 77.0 Å². The molecular formula is C42H83N3O4. The number of carbonyl (C=O) groups is 3. The first-order valence-corrected chi connectivity index (χ1v) is 20.7. The summed E-state index contributed by atoms with van der Waals surface area (Å²) in [7, 11) is 5.64. The van der Waals surface area contributed by atoms with Crippen molar-refractivity contribution in [3.05, 3.63) is 0 Å². The van der Waals surface area contributed by atoms with Gasteiger partial charge in [0.15, 0.2) is 0 Å². The molecule has 2 amide bonds. The van der Waals surface area contributed by atoms with Gasteiger partial charge in [-0.25, -0.2) is 0 Å². The fraction of sp³-hybridized carbons (Fsp3) is 0.929. The van der Waals surface area contributed by atoms with E-state index in [9.17, 15) is 14.4 Å². The zero-order valence-corrected chi connectivity index (χ0v) is 34.1. The van der Waals surface area contributed by atoms with Crippen LogP contribution in [0.15, 0.2) is 0 Å². The lowest BCUT2D eigenvalue weighted by Gasteiger charge is -2.28. The van der Waals surface area contributed by atoms with Crippen LogP contribution in [0.4, 0.5) is 0 Å². The highest BCUT2D eigenvalue weighted by molar-refractivity contribution is 5.82. The molecule has 0 aliphatic carbocycles. The quantitative estimate of drug-likeness (QED) is 0.0528. The van der Waals surface area contributed by atoms with Crippen LogP contribution in [-0.2, 0) is 19.1 Å². The van der Waals surface area contributed by atoms with E-state index >= 15 is 0 Å². The molecule has 0 rings (SSSR count). The van der Waals surface area contributed by atoms with Gasteiger partial charge in [-0.2, -0.15) is 0 Å². The summed E-state index contributed by atoms with van der Waals surface area (Å²) in [5.41, 5.74) is -0.749. The monoisotopic (exact) mass is 694 g/mol. The molecule has 0 saturated heterocycles. The van der Waals surface area contributed by atoms with Gasteiger partial charge in [-0.05, 0) is 65.5 Å². The van der Waals surface area contributed by atoms with Crippen molar-refractivity contribution in [1.82, 2.24) is 15.5 Å². The zero-order valence-electron chi connectivity index (χ0n) is 34.1. The van der Waals surface area contributed by atoms with Crippen LogP contribution in [0.3, 0.4) is 0 Å². The third-order valence-corrected chi connectivity index (χ3v) is 10.3. The van der Waals surface area contributed by atoms with Crippen molar-refractivity contribution in [2.75, 3.05) is 27.7 Å².